The second kappa shape index (κ2) is 5.86. The fraction of sp³-hybridized carbons (Fsp3) is 0. The molecule has 0 spiro atoms. The van der Waals surface area contributed by atoms with Crippen LogP contribution in [0.1, 0.15) is 5.56 Å². The number of anilines is 2. The van der Waals surface area contributed by atoms with Gasteiger partial charge in [0.05, 0.1) is 10.7 Å². The molecule has 19 heavy (non-hydrogen) atoms. The van der Waals surface area contributed by atoms with Crippen molar-refractivity contribution < 1.29 is 4.39 Å². The fourth-order valence-corrected chi connectivity index (χ4v) is 2.68. The van der Waals surface area contributed by atoms with Crippen LogP contribution < -0.4 is 11.1 Å². The zero-order valence-corrected chi connectivity index (χ0v) is 12.7. The summed E-state index contributed by atoms with van der Waals surface area (Å²) in [5.74, 6) is -0.412. The largest absolute Gasteiger partial charge is 0.389 e. The molecule has 0 aliphatic carbocycles. The van der Waals surface area contributed by atoms with E-state index >= 15 is 0 Å². The molecule has 0 fully saturated rings. The van der Waals surface area contributed by atoms with Crippen LogP contribution in [-0.4, -0.2) is 4.99 Å². The van der Waals surface area contributed by atoms with Gasteiger partial charge in [0.15, 0.2) is 0 Å². The molecule has 0 aromatic heterocycles. The molecule has 0 amide bonds. The molecule has 98 valence electrons. The van der Waals surface area contributed by atoms with E-state index in [0.29, 0.717) is 21.4 Å². The highest BCUT2D eigenvalue weighted by Gasteiger charge is 2.11. The summed E-state index contributed by atoms with van der Waals surface area (Å²) in [5.41, 5.74) is 7.63. The van der Waals surface area contributed by atoms with E-state index in [1.165, 1.54) is 12.1 Å². The van der Waals surface area contributed by atoms with Crippen molar-refractivity contribution in [3.63, 3.8) is 0 Å². The minimum atomic E-state index is -0.412. The van der Waals surface area contributed by atoms with Gasteiger partial charge in [0.25, 0.3) is 0 Å². The van der Waals surface area contributed by atoms with Gasteiger partial charge in [-0.15, -0.1) is 0 Å². The first-order valence-corrected chi connectivity index (χ1v) is 6.87. The number of hydrogen-bond donors (Lipinski definition) is 2. The Morgan fingerprint density at radius 3 is 2.63 bits per heavy atom. The lowest BCUT2D eigenvalue weighted by Gasteiger charge is -2.14. The van der Waals surface area contributed by atoms with Gasteiger partial charge in [-0.25, -0.2) is 4.39 Å². The third kappa shape index (κ3) is 3.23. The predicted molar refractivity (Wildman–Crippen MR) is 84.7 cm³/mol. The third-order valence-electron chi connectivity index (χ3n) is 2.46. The lowest BCUT2D eigenvalue weighted by Crippen LogP contribution is -2.11. The maximum Gasteiger partial charge on any atom is 0.125 e. The molecule has 2 aromatic carbocycles. The molecular weight excluding hydrogens is 351 g/mol. The molecule has 0 heterocycles. The second-order valence-electron chi connectivity index (χ2n) is 3.78. The molecule has 2 aromatic rings. The summed E-state index contributed by atoms with van der Waals surface area (Å²) in [6.07, 6.45) is 0. The Kier molecular flexibility index (Phi) is 4.39. The van der Waals surface area contributed by atoms with Crippen molar-refractivity contribution in [3.05, 3.63) is 57.3 Å². The van der Waals surface area contributed by atoms with E-state index in [-0.39, 0.29) is 10.0 Å². The van der Waals surface area contributed by atoms with Crippen molar-refractivity contribution in [1.29, 1.82) is 0 Å². The van der Waals surface area contributed by atoms with Gasteiger partial charge in [0.2, 0.25) is 0 Å². The van der Waals surface area contributed by atoms with Gasteiger partial charge < -0.3 is 11.1 Å². The Balaban J connectivity index is 2.45. The molecule has 0 aliphatic heterocycles. The molecule has 0 saturated carbocycles. The van der Waals surface area contributed by atoms with Gasteiger partial charge in [0.1, 0.15) is 10.8 Å². The highest BCUT2D eigenvalue weighted by molar-refractivity contribution is 9.10. The zero-order chi connectivity index (χ0) is 14.0. The average molecular weight is 360 g/mol. The van der Waals surface area contributed by atoms with E-state index in [1.807, 2.05) is 18.2 Å². The molecule has 2 rings (SSSR count). The minimum absolute atomic E-state index is 0.268. The van der Waals surface area contributed by atoms with E-state index in [1.54, 1.807) is 6.07 Å². The standard InChI is InChI=1S/C13H9BrClFN2S/c14-9-5-7(16)6-10(15)12(9)18-11-4-2-1-3-8(11)13(17)19/h1-6,18H,(H2,17,19). The van der Waals surface area contributed by atoms with E-state index < -0.39 is 5.82 Å². The summed E-state index contributed by atoms with van der Waals surface area (Å²) in [6, 6.07) is 9.86. The summed E-state index contributed by atoms with van der Waals surface area (Å²) in [6.45, 7) is 0. The van der Waals surface area contributed by atoms with Crippen molar-refractivity contribution in [2.75, 3.05) is 5.32 Å². The number of halogens is 3. The van der Waals surface area contributed by atoms with Crippen LogP contribution in [0.25, 0.3) is 0 Å². The number of benzene rings is 2. The van der Waals surface area contributed by atoms with Crippen molar-refractivity contribution in [3.8, 4) is 0 Å². The molecule has 0 saturated heterocycles. The number of thiocarbonyl (C=S) groups is 1. The van der Waals surface area contributed by atoms with Crippen LogP contribution in [0, 0.1) is 5.82 Å². The summed E-state index contributed by atoms with van der Waals surface area (Å²) < 4.78 is 13.7. The third-order valence-corrected chi connectivity index (χ3v) is 3.60. The van der Waals surface area contributed by atoms with Crippen molar-refractivity contribution in [1.82, 2.24) is 0 Å². The van der Waals surface area contributed by atoms with Crippen LogP contribution in [0.15, 0.2) is 40.9 Å². The number of hydrogen-bond acceptors (Lipinski definition) is 2. The number of nitrogens with two attached hydrogens (primary N) is 1. The van der Waals surface area contributed by atoms with Gasteiger partial charge in [-0.05, 0) is 40.2 Å². The lowest BCUT2D eigenvalue weighted by atomic mass is 10.1. The number of nitrogens with one attached hydrogen (secondary N) is 1. The summed E-state index contributed by atoms with van der Waals surface area (Å²) in [4.78, 5) is 0.275. The maximum absolute atomic E-state index is 13.2. The normalized spacial score (nSPS) is 10.3. The summed E-state index contributed by atoms with van der Waals surface area (Å²) in [5, 5.41) is 3.37. The first-order chi connectivity index (χ1) is 8.99. The van der Waals surface area contributed by atoms with Crippen LogP contribution in [0.3, 0.4) is 0 Å². The van der Waals surface area contributed by atoms with Crippen molar-refractivity contribution >= 4 is 56.1 Å². The Labute approximate surface area is 128 Å². The highest BCUT2D eigenvalue weighted by Crippen LogP contribution is 2.34. The first kappa shape index (κ1) is 14.2. The molecular formula is C13H9BrClFN2S. The smallest absolute Gasteiger partial charge is 0.125 e. The van der Waals surface area contributed by atoms with Crippen molar-refractivity contribution in [2.24, 2.45) is 5.73 Å². The van der Waals surface area contributed by atoms with Gasteiger partial charge in [-0.1, -0.05) is 36.0 Å². The Bertz CT molecular complexity index is 625. The highest BCUT2D eigenvalue weighted by atomic mass is 79.9. The van der Waals surface area contributed by atoms with Crippen LogP contribution >= 0.6 is 39.7 Å². The van der Waals surface area contributed by atoms with Gasteiger partial charge in [-0.2, -0.15) is 0 Å². The zero-order valence-electron chi connectivity index (χ0n) is 9.58. The Morgan fingerprint density at radius 1 is 1.32 bits per heavy atom. The molecule has 6 heteroatoms. The monoisotopic (exact) mass is 358 g/mol. The van der Waals surface area contributed by atoms with Gasteiger partial charge in [-0.3, -0.25) is 0 Å². The quantitative estimate of drug-likeness (QED) is 0.785. The average Bonchev–Trinajstić information content (AvgIpc) is 2.34. The van der Waals surface area contributed by atoms with Crippen LogP contribution in [-0.2, 0) is 0 Å². The summed E-state index contributed by atoms with van der Waals surface area (Å²) in [7, 11) is 0. The molecule has 3 N–H and O–H groups in total. The van der Waals surface area contributed by atoms with E-state index in [2.05, 4.69) is 21.2 Å². The fourth-order valence-electron chi connectivity index (χ4n) is 1.60. The minimum Gasteiger partial charge on any atom is -0.389 e. The maximum atomic E-state index is 13.2. The number of rotatable bonds is 3. The molecule has 0 bridgehead atoms. The topological polar surface area (TPSA) is 38.0 Å². The molecule has 0 aliphatic rings. The molecule has 0 radical (unpaired) electrons. The first-order valence-electron chi connectivity index (χ1n) is 5.29. The SMILES string of the molecule is NC(=S)c1ccccc1Nc1c(Cl)cc(F)cc1Br. The van der Waals surface area contributed by atoms with Crippen LogP contribution in [0.2, 0.25) is 5.02 Å². The van der Waals surface area contributed by atoms with E-state index in [4.69, 9.17) is 29.6 Å². The lowest BCUT2D eigenvalue weighted by molar-refractivity contribution is 0.627. The van der Waals surface area contributed by atoms with Gasteiger partial charge >= 0.3 is 0 Å². The molecule has 0 unspecified atom stereocenters. The van der Waals surface area contributed by atoms with Crippen molar-refractivity contribution in [2.45, 2.75) is 0 Å². The second-order valence-corrected chi connectivity index (χ2v) is 5.48. The van der Waals surface area contributed by atoms with Crippen LogP contribution in [0.4, 0.5) is 15.8 Å². The van der Waals surface area contributed by atoms with Crippen LogP contribution in [0.5, 0.6) is 0 Å². The predicted octanol–water partition coefficient (Wildman–Crippen LogP) is 4.62. The molecule has 0 atom stereocenters. The number of para-hydroxylation sites is 1. The summed E-state index contributed by atoms with van der Waals surface area (Å²) >= 11 is 14.3. The van der Waals surface area contributed by atoms with Gasteiger partial charge in [0, 0.05) is 15.7 Å². The Hall–Kier alpha value is -1.17. The van der Waals surface area contributed by atoms with E-state index in [0.717, 1.165) is 0 Å². The molecule has 2 nitrogen and oxygen atoms in total. The van der Waals surface area contributed by atoms with E-state index in [9.17, 15) is 4.39 Å². The Morgan fingerprint density at radius 2 is 2.00 bits per heavy atom.